The number of fused-ring (bicyclic) bond motifs is 1. The minimum atomic E-state index is -0.0748. The Hall–Kier alpha value is -3.41. The van der Waals surface area contributed by atoms with E-state index in [1.54, 1.807) is 11.1 Å². The van der Waals surface area contributed by atoms with Crippen molar-refractivity contribution in [3.8, 4) is 0 Å². The molecule has 1 aromatic heterocycles. The number of nitrogens with zero attached hydrogens (tertiary/aromatic N) is 3. The largest absolute Gasteiger partial charge is 0.350 e. The molecule has 2 heterocycles. The topological polar surface area (TPSA) is 67.2 Å². The van der Waals surface area contributed by atoms with Gasteiger partial charge < -0.3 is 5.32 Å². The van der Waals surface area contributed by atoms with Gasteiger partial charge in [0.2, 0.25) is 5.91 Å². The van der Waals surface area contributed by atoms with Crippen molar-refractivity contribution in [3.05, 3.63) is 83.6 Å². The first kappa shape index (κ1) is 19.9. The van der Waals surface area contributed by atoms with Crippen LogP contribution in [0.3, 0.4) is 0 Å². The minimum absolute atomic E-state index is 0.0748. The zero-order valence-corrected chi connectivity index (χ0v) is 17.1. The second-order valence-corrected chi connectivity index (χ2v) is 7.74. The predicted molar refractivity (Wildman–Crippen MR) is 116 cm³/mol. The van der Waals surface area contributed by atoms with Crippen molar-refractivity contribution in [2.45, 2.75) is 45.3 Å². The van der Waals surface area contributed by atoms with E-state index in [-0.39, 0.29) is 17.9 Å². The summed E-state index contributed by atoms with van der Waals surface area (Å²) >= 11 is 0. The molecule has 1 atom stereocenters. The molecule has 154 valence electrons. The second-order valence-electron chi connectivity index (χ2n) is 7.74. The van der Waals surface area contributed by atoms with Crippen LogP contribution in [0, 0.1) is 0 Å². The number of carbonyl (C=O) groups excluding carboxylic acids is 2. The van der Waals surface area contributed by atoms with Crippen molar-refractivity contribution < 1.29 is 9.59 Å². The summed E-state index contributed by atoms with van der Waals surface area (Å²) in [7, 11) is 0. The maximum atomic E-state index is 12.6. The van der Waals surface area contributed by atoms with E-state index in [1.807, 2.05) is 60.1 Å². The van der Waals surface area contributed by atoms with Gasteiger partial charge >= 0.3 is 0 Å². The van der Waals surface area contributed by atoms with Gasteiger partial charge in [-0.3, -0.25) is 14.5 Å². The van der Waals surface area contributed by atoms with Gasteiger partial charge in [0.15, 0.2) is 0 Å². The van der Waals surface area contributed by atoms with Crippen LogP contribution in [0.15, 0.2) is 66.9 Å². The lowest BCUT2D eigenvalue weighted by molar-refractivity contribution is -0.119. The Morgan fingerprint density at radius 1 is 1.07 bits per heavy atom. The van der Waals surface area contributed by atoms with E-state index in [9.17, 15) is 9.59 Å². The first-order chi connectivity index (χ1) is 14.6. The Kier molecular flexibility index (Phi) is 5.93. The summed E-state index contributed by atoms with van der Waals surface area (Å²) in [5.74, 6) is 0.839. The van der Waals surface area contributed by atoms with Crippen molar-refractivity contribution in [1.29, 1.82) is 0 Å². The highest BCUT2D eigenvalue weighted by Crippen LogP contribution is 2.23. The van der Waals surface area contributed by atoms with E-state index < -0.39 is 0 Å². The normalized spacial score (nSPS) is 14.3. The number of hydrogen-bond acceptors (Lipinski definition) is 3. The maximum absolute atomic E-state index is 12.6. The Morgan fingerprint density at radius 3 is 2.60 bits per heavy atom. The van der Waals surface area contributed by atoms with E-state index in [1.165, 1.54) is 5.56 Å². The highest BCUT2D eigenvalue weighted by molar-refractivity contribution is 5.95. The molecule has 3 aromatic rings. The summed E-state index contributed by atoms with van der Waals surface area (Å²) in [6.07, 6.45) is 3.99. The Labute approximate surface area is 176 Å². The average molecular weight is 402 g/mol. The van der Waals surface area contributed by atoms with Crippen molar-refractivity contribution in [1.82, 2.24) is 15.1 Å². The van der Waals surface area contributed by atoms with E-state index in [2.05, 4.69) is 22.5 Å². The number of hydrogen-bond donors (Lipinski definition) is 1. The molecule has 1 N–H and O–H groups in total. The van der Waals surface area contributed by atoms with Crippen molar-refractivity contribution >= 4 is 17.6 Å². The molecule has 6 heteroatoms. The van der Waals surface area contributed by atoms with Crippen molar-refractivity contribution in [2.75, 3.05) is 4.90 Å². The number of anilines is 1. The molecular weight excluding hydrogens is 376 g/mol. The van der Waals surface area contributed by atoms with Crippen LogP contribution in [0.2, 0.25) is 0 Å². The molecule has 0 saturated heterocycles. The van der Waals surface area contributed by atoms with Gasteiger partial charge in [0.1, 0.15) is 5.82 Å². The fourth-order valence-corrected chi connectivity index (χ4v) is 3.71. The summed E-state index contributed by atoms with van der Waals surface area (Å²) in [5.41, 5.74) is 2.88. The molecule has 1 aliphatic heterocycles. The Balaban J connectivity index is 1.33. The third-order valence-electron chi connectivity index (χ3n) is 5.45. The van der Waals surface area contributed by atoms with Crippen molar-refractivity contribution in [2.24, 2.45) is 0 Å². The molecule has 0 fully saturated rings. The van der Waals surface area contributed by atoms with Crippen LogP contribution in [0.5, 0.6) is 0 Å². The molecule has 1 unspecified atom stereocenters. The summed E-state index contributed by atoms with van der Waals surface area (Å²) in [6.45, 7) is 3.12. The number of aromatic nitrogens is 2. The quantitative estimate of drug-likeness (QED) is 0.657. The SMILES string of the molecule is CC(CCc1ccccc1)NC(=O)c1ccc(CN2C(=O)CCn3nccc32)cc1. The molecule has 6 nitrogen and oxygen atoms in total. The first-order valence-corrected chi connectivity index (χ1v) is 10.4. The standard InChI is InChI=1S/C24H26N4O2/c1-18(7-8-19-5-3-2-4-6-19)26-24(30)21-11-9-20(10-12-21)17-27-22-13-15-25-28(22)16-14-23(27)29/h2-6,9-13,15,18H,7-8,14,16-17H2,1H3,(H,26,30). The van der Waals surface area contributed by atoms with Crippen LogP contribution in [0.25, 0.3) is 0 Å². The smallest absolute Gasteiger partial charge is 0.251 e. The highest BCUT2D eigenvalue weighted by atomic mass is 16.2. The minimum Gasteiger partial charge on any atom is -0.350 e. The lowest BCUT2D eigenvalue weighted by atomic mass is 10.1. The Morgan fingerprint density at radius 2 is 1.83 bits per heavy atom. The number of rotatable bonds is 7. The third kappa shape index (κ3) is 4.59. The van der Waals surface area contributed by atoms with Gasteiger partial charge in [0.05, 0.1) is 19.3 Å². The molecule has 4 rings (SSSR count). The van der Waals surface area contributed by atoms with E-state index in [4.69, 9.17) is 0 Å². The lowest BCUT2D eigenvalue weighted by Crippen LogP contribution is -2.37. The van der Waals surface area contributed by atoms with E-state index in [0.717, 1.165) is 24.2 Å². The fraction of sp³-hybridized carbons (Fsp3) is 0.292. The zero-order chi connectivity index (χ0) is 20.9. The lowest BCUT2D eigenvalue weighted by Gasteiger charge is -2.27. The van der Waals surface area contributed by atoms with Crippen LogP contribution in [-0.2, 0) is 24.3 Å². The first-order valence-electron chi connectivity index (χ1n) is 10.4. The summed E-state index contributed by atoms with van der Waals surface area (Å²) in [5, 5.41) is 7.32. The molecule has 0 spiro atoms. The van der Waals surface area contributed by atoms with E-state index in [0.29, 0.717) is 25.1 Å². The maximum Gasteiger partial charge on any atom is 0.251 e. The van der Waals surface area contributed by atoms with Gasteiger partial charge in [-0.1, -0.05) is 42.5 Å². The molecule has 30 heavy (non-hydrogen) atoms. The van der Waals surface area contributed by atoms with Crippen LogP contribution in [0.4, 0.5) is 5.82 Å². The van der Waals surface area contributed by atoms with Gasteiger partial charge in [-0.2, -0.15) is 5.10 Å². The Bertz CT molecular complexity index is 1010. The fourth-order valence-electron chi connectivity index (χ4n) is 3.71. The number of benzene rings is 2. The van der Waals surface area contributed by atoms with Gasteiger partial charge in [-0.15, -0.1) is 0 Å². The number of amides is 2. The van der Waals surface area contributed by atoms with Gasteiger partial charge in [-0.05, 0) is 43.0 Å². The van der Waals surface area contributed by atoms with Crippen LogP contribution in [-0.4, -0.2) is 27.6 Å². The summed E-state index contributed by atoms with van der Waals surface area (Å²) < 4.78 is 1.85. The van der Waals surface area contributed by atoms with Gasteiger partial charge in [0, 0.05) is 24.1 Å². The van der Waals surface area contributed by atoms with Crippen molar-refractivity contribution in [3.63, 3.8) is 0 Å². The zero-order valence-electron chi connectivity index (χ0n) is 17.1. The molecule has 0 aliphatic carbocycles. The average Bonchev–Trinajstić information content (AvgIpc) is 3.24. The van der Waals surface area contributed by atoms with Gasteiger partial charge in [0.25, 0.3) is 5.91 Å². The second kappa shape index (κ2) is 8.95. The van der Waals surface area contributed by atoms with E-state index >= 15 is 0 Å². The molecule has 2 amide bonds. The molecule has 0 bridgehead atoms. The van der Waals surface area contributed by atoms with Crippen LogP contribution < -0.4 is 10.2 Å². The molecule has 1 aliphatic rings. The van der Waals surface area contributed by atoms with Crippen LogP contribution in [0.1, 0.15) is 41.3 Å². The number of nitrogens with one attached hydrogen (secondary N) is 1. The van der Waals surface area contributed by atoms with Gasteiger partial charge in [-0.25, -0.2) is 4.68 Å². The monoisotopic (exact) mass is 402 g/mol. The summed E-state index contributed by atoms with van der Waals surface area (Å²) in [4.78, 5) is 26.6. The third-order valence-corrected chi connectivity index (χ3v) is 5.45. The summed E-state index contributed by atoms with van der Waals surface area (Å²) in [6, 6.07) is 19.7. The molecular formula is C24H26N4O2. The van der Waals surface area contributed by atoms with Crippen LogP contribution >= 0.6 is 0 Å². The molecule has 0 radical (unpaired) electrons. The number of aryl methyl sites for hydroxylation is 2. The predicted octanol–water partition coefficient (Wildman–Crippen LogP) is 3.57. The highest BCUT2D eigenvalue weighted by Gasteiger charge is 2.24. The number of carbonyl (C=O) groups is 2. The molecule has 2 aromatic carbocycles. The molecule has 0 saturated carbocycles.